The molecule has 11 heteroatoms. The lowest BCUT2D eigenvalue weighted by Crippen LogP contribution is -2.55. The van der Waals surface area contributed by atoms with Gasteiger partial charge in [-0.25, -0.2) is 9.37 Å². The van der Waals surface area contributed by atoms with Crippen molar-refractivity contribution in [2.75, 3.05) is 51.4 Å². The Morgan fingerprint density at radius 2 is 2.15 bits per heavy atom. The number of hydrogen-bond acceptors (Lipinski definition) is 8. The molecule has 10 nitrogen and oxygen atoms in total. The van der Waals surface area contributed by atoms with Crippen molar-refractivity contribution >= 4 is 29.3 Å². The van der Waals surface area contributed by atoms with Crippen LogP contribution in [0.3, 0.4) is 0 Å². The maximum atomic E-state index is 14.3. The highest BCUT2D eigenvalue weighted by molar-refractivity contribution is 5.96. The summed E-state index contributed by atoms with van der Waals surface area (Å²) in [5.74, 6) is 6.28. The topological polar surface area (TPSA) is 126 Å². The van der Waals surface area contributed by atoms with E-state index in [1.165, 1.54) is 11.0 Å². The third-order valence-corrected chi connectivity index (χ3v) is 6.34. The van der Waals surface area contributed by atoms with Gasteiger partial charge in [0.25, 0.3) is 0 Å². The van der Waals surface area contributed by atoms with E-state index in [9.17, 15) is 14.0 Å². The van der Waals surface area contributed by atoms with Gasteiger partial charge in [0.05, 0.1) is 29.9 Å². The minimum Gasteiger partial charge on any atom is -0.372 e. The number of nitriles is 1. The molecule has 3 rings (SSSR count). The maximum Gasteiger partial charge on any atom is 0.247 e. The normalized spacial score (nSPS) is 18.2. The molecule has 0 radical (unpaired) electrons. The van der Waals surface area contributed by atoms with Crippen LogP contribution in [0.1, 0.15) is 37.3 Å². The van der Waals surface area contributed by atoms with Crippen LogP contribution in [0.4, 0.5) is 21.8 Å². The van der Waals surface area contributed by atoms with E-state index < -0.39 is 11.7 Å². The number of amides is 2. The number of unbranched alkanes of at least 4 members (excludes halogenated alkanes) is 1. The molecule has 0 unspecified atom stereocenters. The van der Waals surface area contributed by atoms with Gasteiger partial charge < -0.3 is 25.8 Å². The average molecular weight is 547 g/mol. The van der Waals surface area contributed by atoms with Crippen molar-refractivity contribution in [3.05, 3.63) is 53.7 Å². The second-order valence-corrected chi connectivity index (χ2v) is 9.87. The van der Waals surface area contributed by atoms with Crippen molar-refractivity contribution in [3.8, 4) is 17.9 Å². The molecule has 0 bridgehead atoms. The number of alkyl halides is 1. The zero-order chi connectivity index (χ0) is 29.1. The largest absolute Gasteiger partial charge is 0.372 e. The van der Waals surface area contributed by atoms with Crippen LogP contribution in [0.25, 0.3) is 0 Å². The fourth-order valence-electron chi connectivity index (χ4n) is 4.25. The summed E-state index contributed by atoms with van der Waals surface area (Å²) in [6.07, 6.45) is 4.51. The smallest absolute Gasteiger partial charge is 0.247 e. The highest BCUT2D eigenvalue weighted by Crippen LogP contribution is 2.31. The lowest BCUT2D eigenvalue weighted by molar-refractivity contribution is -0.141. The number of likely N-dealkylation sites (N-methyl/N-ethyl adjacent to an activating group) is 1. The van der Waals surface area contributed by atoms with E-state index in [2.05, 4.69) is 43.8 Å². The number of hydrogen-bond donors (Lipinski definition) is 3. The van der Waals surface area contributed by atoms with Crippen LogP contribution in [0.15, 0.2) is 42.6 Å². The van der Waals surface area contributed by atoms with Crippen LogP contribution in [0.2, 0.25) is 0 Å². The van der Waals surface area contributed by atoms with Crippen LogP contribution in [-0.4, -0.2) is 84.1 Å². The third-order valence-electron chi connectivity index (χ3n) is 6.34. The number of carbonyl (C=O) groups excluding carboxylic acids is 2. The van der Waals surface area contributed by atoms with E-state index in [-0.39, 0.29) is 24.8 Å². The molecule has 1 aromatic carbocycles. The molecular weight excluding hydrogens is 511 g/mol. The first-order chi connectivity index (χ1) is 19.2. The minimum atomic E-state index is -1.25. The molecule has 210 valence electrons. The minimum absolute atomic E-state index is 0.0344. The van der Waals surface area contributed by atoms with E-state index in [0.29, 0.717) is 54.5 Å². The summed E-state index contributed by atoms with van der Waals surface area (Å²) in [6, 6.07) is 9.10. The molecule has 0 aliphatic carbocycles. The summed E-state index contributed by atoms with van der Waals surface area (Å²) < 4.78 is 14.3. The van der Waals surface area contributed by atoms with Crippen LogP contribution in [0.5, 0.6) is 0 Å². The maximum absolute atomic E-state index is 14.3. The van der Waals surface area contributed by atoms with Gasteiger partial charge in [-0.3, -0.25) is 9.59 Å². The number of aromatic nitrogens is 2. The van der Waals surface area contributed by atoms with Crippen LogP contribution >= 0.6 is 0 Å². The Balaban J connectivity index is 1.52. The average Bonchev–Trinajstić information content (AvgIpc) is 3.25. The molecular formula is C29H35FN8O2. The first-order valence-electron chi connectivity index (χ1n) is 13.0. The number of anilines is 3. The summed E-state index contributed by atoms with van der Waals surface area (Å²) in [5, 5.41) is 18.0. The quantitative estimate of drug-likeness (QED) is 0.236. The second-order valence-electron chi connectivity index (χ2n) is 9.87. The fourth-order valence-corrected chi connectivity index (χ4v) is 4.25. The summed E-state index contributed by atoms with van der Waals surface area (Å²) in [7, 11) is 5.50. The number of benzene rings is 1. The highest BCUT2D eigenvalue weighted by atomic mass is 19.1. The second kappa shape index (κ2) is 14.1. The molecule has 3 N–H and O–H groups in total. The summed E-state index contributed by atoms with van der Waals surface area (Å²) in [6.45, 7) is 2.43. The van der Waals surface area contributed by atoms with Crippen molar-refractivity contribution in [2.24, 2.45) is 0 Å². The monoisotopic (exact) mass is 546 g/mol. The zero-order valence-corrected chi connectivity index (χ0v) is 23.3. The van der Waals surface area contributed by atoms with Gasteiger partial charge in [-0.05, 0) is 45.6 Å². The Bertz CT molecular complexity index is 1340. The first-order valence-corrected chi connectivity index (χ1v) is 13.0. The lowest BCUT2D eigenvalue weighted by atomic mass is 9.97. The Morgan fingerprint density at radius 3 is 2.88 bits per heavy atom. The Morgan fingerprint density at radius 1 is 1.35 bits per heavy atom. The SMILES string of the molecule is CNc1nc(Nc2cccc(C#N)c2)ncc1C#CCCCNC(=O)[C@]1(C)C[C@H](F)CN1C(=O)/C=C/CN(C)C. The first kappa shape index (κ1) is 30.1. The van der Waals surface area contributed by atoms with Crippen molar-refractivity contribution in [3.63, 3.8) is 0 Å². The predicted molar refractivity (Wildman–Crippen MR) is 152 cm³/mol. The summed E-state index contributed by atoms with van der Waals surface area (Å²) in [5.41, 5.74) is 0.602. The van der Waals surface area contributed by atoms with E-state index in [1.54, 1.807) is 44.4 Å². The molecule has 2 heterocycles. The van der Waals surface area contributed by atoms with Gasteiger partial charge in [0.15, 0.2) is 0 Å². The Kier molecular flexibility index (Phi) is 10.6. The van der Waals surface area contributed by atoms with Crippen molar-refractivity contribution < 1.29 is 14.0 Å². The van der Waals surface area contributed by atoms with E-state index in [1.807, 2.05) is 25.1 Å². The molecule has 40 heavy (non-hydrogen) atoms. The number of likely N-dealkylation sites (tertiary alicyclic amines) is 1. The van der Waals surface area contributed by atoms with Gasteiger partial charge in [0.2, 0.25) is 17.8 Å². The van der Waals surface area contributed by atoms with Gasteiger partial charge in [0.1, 0.15) is 17.5 Å². The molecule has 1 saturated heterocycles. The van der Waals surface area contributed by atoms with Gasteiger partial charge in [0, 0.05) is 44.7 Å². The molecule has 1 fully saturated rings. The molecule has 0 saturated carbocycles. The van der Waals surface area contributed by atoms with E-state index in [4.69, 9.17) is 5.26 Å². The highest BCUT2D eigenvalue weighted by Gasteiger charge is 2.49. The molecule has 1 aliphatic rings. The number of nitrogens with zero attached hydrogens (tertiary/aromatic N) is 5. The Hall–Kier alpha value is -4.48. The van der Waals surface area contributed by atoms with Gasteiger partial charge in [-0.15, -0.1) is 0 Å². The number of nitrogens with one attached hydrogen (secondary N) is 3. The van der Waals surface area contributed by atoms with Crippen LogP contribution < -0.4 is 16.0 Å². The van der Waals surface area contributed by atoms with Gasteiger partial charge >= 0.3 is 0 Å². The molecule has 2 atom stereocenters. The van der Waals surface area contributed by atoms with Crippen LogP contribution in [-0.2, 0) is 9.59 Å². The predicted octanol–water partition coefficient (Wildman–Crippen LogP) is 2.83. The van der Waals surface area contributed by atoms with E-state index >= 15 is 0 Å². The van der Waals surface area contributed by atoms with Crippen molar-refractivity contribution in [2.45, 2.75) is 37.9 Å². The van der Waals surface area contributed by atoms with Crippen molar-refractivity contribution in [1.82, 2.24) is 25.1 Å². The number of carbonyl (C=O) groups is 2. The zero-order valence-electron chi connectivity index (χ0n) is 23.3. The standard InChI is InChI=1S/C29H35FN8O2/c1-29(17-23(30)20-38(29)25(39)13-9-15-37(3)4)27(40)33-14-7-5-6-11-22-19-34-28(36-26(22)32-2)35-24-12-8-10-21(16-24)18-31/h8-10,12-13,16,19,23H,5,7,14-15,17,20H2,1-4H3,(H,33,40)(H2,32,34,35,36)/b13-9+/t23-,29-/m0/s1. The molecule has 0 spiro atoms. The van der Waals surface area contributed by atoms with Crippen LogP contribution in [0, 0.1) is 23.2 Å². The molecule has 1 aromatic heterocycles. The Labute approximate surface area is 234 Å². The summed E-state index contributed by atoms with van der Waals surface area (Å²) in [4.78, 5) is 37.6. The van der Waals surface area contributed by atoms with Gasteiger partial charge in [-0.1, -0.05) is 24.0 Å². The third kappa shape index (κ3) is 8.01. The number of rotatable bonds is 10. The molecule has 2 aromatic rings. The summed E-state index contributed by atoms with van der Waals surface area (Å²) >= 11 is 0. The molecule has 1 aliphatic heterocycles. The van der Waals surface area contributed by atoms with E-state index in [0.717, 1.165) is 0 Å². The van der Waals surface area contributed by atoms with Gasteiger partial charge in [-0.2, -0.15) is 10.2 Å². The van der Waals surface area contributed by atoms with Crippen molar-refractivity contribution in [1.29, 1.82) is 5.26 Å². The molecule has 2 amide bonds. The lowest BCUT2D eigenvalue weighted by Gasteiger charge is -2.32. The number of halogens is 1. The fraction of sp³-hybridized carbons (Fsp3) is 0.414.